The summed E-state index contributed by atoms with van der Waals surface area (Å²) in [7, 11) is -3.85. The second-order valence-electron chi connectivity index (χ2n) is 9.08. The highest BCUT2D eigenvalue weighted by atomic mass is 35.5. The summed E-state index contributed by atoms with van der Waals surface area (Å²) in [4.78, 5) is 4.28. The molecule has 10 heteroatoms. The van der Waals surface area contributed by atoms with Crippen molar-refractivity contribution in [2.45, 2.75) is 62.2 Å². The quantitative estimate of drug-likeness (QED) is 0.561. The molecule has 0 aliphatic carbocycles. The number of hydrogen-bond donors (Lipinski definition) is 1. The van der Waals surface area contributed by atoms with Crippen molar-refractivity contribution in [1.82, 2.24) is 14.6 Å². The summed E-state index contributed by atoms with van der Waals surface area (Å²) in [5.74, 6) is 0. The number of sulfonamides is 1. The minimum absolute atomic E-state index is 0.177. The van der Waals surface area contributed by atoms with Crippen LogP contribution < -0.4 is 5.32 Å². The van der Waals surface area contributed by atoms with Crippen LogP contribution in [0, 0.1) is 5.41 Å². The fraction of sp³-hybridized carbons (Fsp3) is 0.522. The van der Waals surface area contributed by atoms with E-state index in [1.807, 2.05) is 6.92 Å². The maximum Gasteiger partial charge on any atom is 0.401 e. The van der Waals surface area contributed by atoms with Crippen molar-refractivity contribution in [1.29, 1.82) is 0 Å². The van der Waals surface area contributed by atoms with E-state index in [0.29, 0.717) is 48.3 Å². The first kappa shape index (κ1) is 24.4. The van der Waals surface area contributed by atoms with Gasteiger partial charge in [-0.2, -0.15) is 17.5 Å². The number of rotatable bonds is 7. The molecular formula is C23H27ClF3N3O2S. The van der Waals surface area contributed by atoms with E-state index in [-0.39, 0.29) is 28.9 Å². The van der Waals surface area contributed by atoms with E-state index in [1.54, 1.807) is 41.0 Å². The van der Waals surface area contributed by atoms with Crippen LogP contribution in [0.1, 0.15) is 39.0 Å². The molecule has 180 valence electrons. The number of fused-ring (bicyclic) bond motifs is 2. The Bertz CT molecular complexity index is 1080. The Morgan fingerprint density at radius 2 is 1.91 bits per heavy atom. The normalized spacial score (nSPS) is 26.0. The highest BCUT2D eigenvalue weighted by Crippen LogP contribution is 2.50. The molecule has 0 radical (unpaired) electrons. The van der Waals surface area contributed by atoms with Crippen LogP contribution in [0.5, 0.6) is 0 Å². The second-order valence-corrected chi connectivity index (χ2v) is 11.3. The van der Waals surface area contributed by atoms with E-state index in [1.165, 1.54) is 6.07 Å². The van der Waals surface area contributed by atoms with Gasteiger partial charge in [0.05, 0.1) is 11.4 Å². The fourth-order valence-corrected chi connectivity index (χ4v) is 7.65. The Labute approximate surface area is 197 Å². The molecule has 2 fully saturated rings. The minimum atomic E-state index is -4.27. The molecule has 1 aromatic heterocycles. The SMILES string of the molecule is CCC1(CNCC(F)(F)F)CC2CCC(C1)N2S(=O)(=O)c1ccc(Cl)cc1-c1cccnc1. The topological polar surface area (TPSA) is 62.3 Å². The van der Waals surface area contributed by atoms with Crippen LogP contribution in [0.4, 0.5) is 13.2 Å². The van der Waals surface area contributed by atoms with Gasteiger partial charge in [-0.05, 0) is 61.8 Å². The lowest BCUT2D eigenvalue weighted by Crippen LogP contribution is -2.53. The fourth-order valence-electron chi connectivity index (χ4n) is 5.41. The van der Waals surface area contributed by atoms with Crippen molar-refractivity contribution in [2.24, 2.45) is 5.41 Å². The van der Waals surface area contributed by atoms with Crippen LogP contribution >= 0.6 is 11.6 Å². The van der Waals surface area contributed by atoms with E-state index in [2.05, 4.69) is 10.3 Å². The van der Waals surface area contributed by atoms with Gasteiger partial charge >= 0.3 is 6.18 Å². The van der Waals surface area contributed by atoms with Crippen molar-refractivity contribution in [3.05, 3.63) is 47.7 Å². The van der Waals surface area contributed by atoms with Gasteiger partial charge in [-0.25, -0.2) is 8.42 Å². The van der Waals surface area contributed by atoms with Gasteiger partial charge in [-0.1, -0.05) is 24.6 Å². The summed E-state index contributed by atoms with van der Waals surface area (Å²) in [6.07, 6.45) is 2.14. The largest absolute Gasteiger partial charge is 0.401 e. The van der Waals surface area contributed by atoms with E-state index in [9.17, 15) is 21.6 Å². The molecule has 2 bridgehead atoms. The summed E-state index contributed by atoms with van der Waals surface area (Å²) < 4.78 is 67.4. The number of nitrogens with one attached hydrogen (secondary N) is 1. The predicted molar refractivity (Wildman–Crippen MR) is 121 cm³/mol. The van der Waals surface area contributed by atoms with Gasteiger partial charge in [-0.15, -0.1) is 0 Å². The molecule has 3 heterocycles. The van der Waals surface area contributed by atoms with E-state index < -0.39 is 22.7 Å². The zero-order chi connectivity index (χ0) is 23.9. The van der Waals surface area contributed by atoms with Crippen molar-refractivity contribution >= 4 is 21.6 Å². The molecule has 5 nitrogen and oxygen atoms in total. The first-order chi connectivity index (χ1) is 15.5. The van der Waals surface area contributed by atoms with Gasteiger partial charge in [0, 0.05) is 47.2 Å². The zero-order valence-corrected chi connectivity index (χ0v) is 19.8. The minimum Gasteiger partial charge on any atom is -0.308 e. The van der Waals surface area contributed by atoms with Crippen molar-refractivity contribution in [2.75, 3.05) is 13.1 Å². The molecule has 0 amide bonds. The maximum absolute atomic E-state index is 13.9. The molecular weight excluding hydrogens is 475 g/mol. The first-order valence-corrected chi connectivity index (χ1v) is 12.9. The summed E-state index contributed by atoms with van der Waals surface area (Å²) in [6.45, 7) is 1.16. The first-order valence-electron chi connectivity index (χ1n) is 11.1. The highest BCUT2D eigenvalue weighted by molar-refractivity contribution is 7.89. The molecule has 2 aliphatic rings. The third kappa shape index (κ3) is 5.06. The average molecular weight is 502 g/mol. The number of benzene rings is 1. The number of pyridine rings is 1. The molecule has 4 rings (SSSR count). The van der Waals surface area contributed by atoms with Crippen molar-refractivity contribution < 1.29 is 21.6 Å². The van der Waals surface area contributed by atoms with Gasteiger partial charge in [0.25, 0.3) is 0 Å². The molecule has 2 atom stereocenters. The molecule has 2 unspecified atom stereocenters. The monoisotopic (exact) mass is 501 g/mol. The number of halogens is 4. The lowest BCUT2D eigenvalue weighted by Gasteiger charge is -2.46. The zero-order valence-electron chi connectivity index (χ0n) is 18.3. The Morgan fingerprint density at radius 3 is 2.48 bits per heavy atom. The van der Waals surface area contributed by atoms with Gasteiger partial charge in [-0.3, -0.25) is 4.98 Å². The van der Waals surface area contributed by atoms with Crippen LogP contribution in [0.2, 0.25) is 5.02 Å². The number of nitrogens with zero attached hydrogens (tertiary/aromatic N) is 2. The molecule has 1 aromatic carbocycles. The van der Waals surface area contributed by atoms with Gasteiger partial charge in [0.1, 0.15) is 0 Å². The van der Waals surface area contributed by atoms with Crippen LogP contribution in [-0.4, -0.2) is 49.1 Å². The third-order valence-corrected chi connectivity index (χ3v) is 9.23. The molecule has 33 heavy (non-hydrogen) atoms. The highest BCUT2D eigenvalue weighted by Gasteiger charge is 2.52. The summed E-state index contributed by atoms with van der Waals surface area (Å²) >= 11 is 6.19. The standard InChI is InChI=1S/C23H27ClF3N3O2S/c1-2-22(14-29-15-23(25,26)27)11-18-6-7-19(12-22)30(18)33(31,32)21-8-5-17(24)10-20(21)16-4-3-9-28-13-16/h3-5,8-10,13,18-19,29H,2,6-7,11-12,14-15H2,1H3. The predicted octanol–water partition coefficient (Wildman–Crippen LogP) is 5.27. The van der Waals surface area contributed by atoms with Crippen LogP contribution in [0.15, 0.2) is 47.6 Å². The van der Waals surface area contributed by atoms with Gasteiger partial charge < -0.3 is 5.32 Å². The van der Waals surface area contributed by atoms with E-state index >= 15 is 0 Å². The Kier molecular flexibility index (Phi) is 6.79. The van der Waals surface area contributed by atoms with Crippen molar-refractivity contribution in [3.63, 3.8) is 0 Å². The van der Waals surface area contributed by atoms with E-state index in [4.69, 9.17) is 11.6 Å². The third-order valence-electron chi connectivity index (χ3n) is 6.94. The molecule has 2 aromatic rings. The Morgan fingerprint density at radius 1 is 1.21 bits per heavy atom. The van der Waals surface area contributed by atoms with Crippen LogP contribution in [0.25, 0.3) is 11.1 Å². The lowest BCUT2D eigenvalue weighted by molar-refractivity contribution is -0.126. The van der Waals surface area contributed by atoms with Crippen molar-refractivity contribution in [3.8, 4) is 11.1 Å². The molecule has 1 N–H and O–H groups in total. The molecule has 2 aliphatic heterocycles. The van der Waals surface area contributed by atoms with Gasteiger partial charge in [0.2, 0.25) is 10.0 Å². The Balaban J connectivity index is 1.63. The molecule has 0 saturated carbocycles. The summed E-state index contributed by atoms with van der Waals surface area (Å²) in [5.41, 5.74) is 0.798. The van der Waals surface area contributed by atoms with Crippen LogP contribution in [-0.2, 0) is 10.0 Å². The maximum atomic E-state index is 13.9. The van der Waals surface area contributed by atoms with Crippen LogP contribution in [0.3, 0.4) is 0 Å². The average Bonchev–Trinajstić information content (AvgIpc) is 3.06. The Hall–Kier alpha value is -1.68. The molecule has 0 spiro atoms. The van der Waals surface area contributed by atoms with E-state index in [0.717, 1.165) is 0 Å². The molecule has 2 saturated heterocycles. The number of hydrogen-bond acceptors (Lipinski definition) is 4. The number of piperidine rings is 1. The summed E-state index contributed by atoms with van der Waals surface area (Å²) in [6, 6.07) is 7.79. The smallest absolute Gasteiger partial charge is 0.308 e. The summed E-state index contributed by atoms with van der Waals surface area (Å²) in [5, 5.41) is 2.99. The number of aromatic nitrogens is 1. The number of alkyl halides is 3. The second kappa shape index (κ2) is 9.17. The lowest BCUT2D eigenvalue weighted by atomic mass is 9.73. The van der Waals surface area contributed by atoms with Gasteiger partial charge in [0.15, 0.2) is 0 Å².